The van der Waals surface area contributed by atoms with Gasteiger partial charge in [0, 0.05) is 6.04 Å². The lowest BCUT2D eigenvalue weighted by molar-refractivity contribution is 0.219. The normalized spacial score (nSPS) is 30.5. The second kappa shape index (κ2) is 4.45. The molecule has 1 nitrogen and oxygen atoms in total. The maximum atomic E-state index is 3.39. The Bertz CT molecular complexity index is 138. The zero-order valence-corrected chi connectivity index (χ0v) is 9.69. The summed E-state index contributed by atoms with van der Waals surface area (Å²) in [7, 11) is 2.09. The van der Waals surface area contributed by atoms with Crippen molar-refractivity contribution in [3.8, 4) is 0 Å². The van der Waals surface area contributed by atoms with Gasteiger partial charge in [0.2, 0.25) is 0 Å². The van der Waals surface area contributed by atoms with Crippen LogP contribution in [0.3, 0.4) is 0 Å². The lowest BCUT2D eigenvalue weighted by Gasteiger charge is -2.32. The Morgan fingerprint density at radius 1 is 1.08 bits per heavy atom. The highest BCUT2D eigenvalue weighted by Gasteiger charge is 2.23. The molecule has 0 bridgehead atoms. The molecule has 1 N–H and O–H groups in total. The van der Waals surface area contributed by atoms with Gasteiger partial charge in [-0.1, -0.05) is 20.8 Å². The largest absolute Gasteiger partial charge is 0.317 e. The van der Waals surface area contributed by atoms with E-state index in [4.69, 9.17) is 0 Å². The van der Waals surface area contributed by atoms with Crippen LogP contribution in [0.4, 0.5) is 0 Å². The molecule has 0 aromatic carbocycles. The van der Waals surface area contributed by atoms with Crippen molar-refractivity contribution >= 4 is 0 Å². The Morgan fingerprint density at radius 3 is 2.00 bits per heavy atom. The maximum Gasteiger partial charge on any atom is 0.00642 e. The second-order valence-electron chi connectivity index (χ2n) is 5.77. The molecule has 78 valence electrons. The van der Waals surface area contributed by atoms with E-state index in [1.807, 2.05) is 0 Å². The number of hydrogen-bond donors (Lipinski definition) is 1. The highest BCUT2D eigenvalue weighted by atomic mass is 14.9. The van der Waals surface area contributed by atoms with Gasteiger partial charge in [-0.15, -0.1) is 0 Å². The molecule has 1 heteroatoms. The highest BCUT2D eigenvalue weighted by molar-refractivity contribution is 4.78. The maximum absolute atomic E-state index is 3.39. The smallest absolute Gasteiger partial charge is 0.00642 e. The van der Waals surface area contributed by atoms with Crippen molar-refractivity contribution in [1.29, 1.82) is 0 Å². The summed E-state index contributed by atoms with van der Waals surface area (Å²) in [6.07, 6.45) is 7.05. The molecule has 0 aromatic heterocycles. The zero-order valence-electron chi connectivity index (χ0n) is 9.69. The predicted octanol–water partition coefficient (Wildman–Crippen LogP) is 3.20. The summed E-state index contributed by atoms with van der Waals surface area (Å²) < 4.78 is 0. The average Bonchev–Trinajstić information content (AvgIpc) is 2.03. The monoisotopic (exact) mass is 183 g/mol. The van der Waals surface area contributed by atoms with E-state index in [9.17, 15) is 0 Å². The molecule has 0 radical (unpaired) electrons. The fraction of sp³-hybridized carbons (Fsp3) is 1.00. The third-order valence-corrected chi connectivity index (χ3v) is 3.16. The van der Waals surface area contributed by atoms with Gasteiger partial charge in [0.15, 0.2) is 0 Å². The zero-order chi connectivity index (χ0) is 9.90. The van der Waals surface area contributed by atoms with Gasteiger partial charge < -0.3 is 5.32 Å². The molecule has 0 heterocycles. The minimum Gasteiger partial charge on any atom is -0.317 e. The molecule has 1 saturated carbocycles. The highest BCUT2D eigenvalue weighted by Crippen LogP contribution is 2.33. The van der Waals surface area contributed by atoms with E-state index < -0.39 is 0 Å². The molecule has 1 rings (SSSR count). The quantitative estimate of drug-likeness (QED) is 0.693. The van der Waals surface area contributed by atoms with E-state index >= 15 is 0 Å². The molecule has 0 saturated heterocycles. The summed E-state index contributed by atoms with van der Waals surface area (Å²) in [6, 6.07) is 0.802. The Morgan fingerprint density at radius 2 is 1.62 bits per heavy atom. The fourth-order valence-electron chi connectivity index (χ4n) is 2.52. The van der Waals surface area contributed by atoms with Gasteiger partial charge in [-0.3, -0.25) is 0 Å². The first-order valence-electron chi connectivity index (χ1n) is 5.68. The molecule has 1 aliphatic rings. The number of hydrogen-bond acceptors (Lipinski definition) is 1. The van der Waals surface area contributed by atoms with Crippen LogP contribution in [0.15, 0.2) is 0 Å². The third kappa shape index (κ3) is 4.12. The Kier molecular flexibility index (Phi) is 3.78. The average molecular weight is 183 g/mol. The molecule has 0 atom stereocenters. The Balaban J connectivity index is 2.25. The van der Waals surface area contributed by atoms with Crippen molar-refractivity contribution in [2.45, 2.75) is 58.9 Å². The van der Waals surface area contributed by atoms with Gasteiger partial charge in [0.1, 0.15) is 0 Å². The van der Waals surface area contributed by atoms with Gasteiger partial charge in [0.25, 0.3) is 0 Å². The van der Waals surface area contributed by atoms with Crippen LogP contribution in [-0.4, -0.2) is 13.1 Å². The van der Waals surface area contributed by atoms with Crippen LogP contribution >= 0.6 is 0 Å². The summed E-state index contributed by atoms with van der Waals surface area (Å²) in [5.74, 6) is 0.990. The number of rotatable bonds is 2. The summed E-state index contributed by atoms with van der Waals surface area (Å²) >= 11 is 0. The van der Waals surface area contributed by atoms with Gasteiger partial charge in [-0.05, 0) is 50.5 Å². The standard InChI is InChI=1S/C12H25N/c1-12(2,3)9-10-5-7-11(13-4)8-6-10/h10-11,13H,5-9H2,1-4H3. The van der Waals surface area contributed by atoms with Gasteiger partial charge in [-0.2, -0.15) is 0 Å². The number of nitrogens with one attached hydrogen (secondary N) is 1. The SMILES string of the molecule is CNC1CCC(CC(C)(C)C)CC1. The van der Waals surface area contributed by atoms with Crippen LogP contribution in [0.25, 0.3) is 0 Å². The molecule has 0 aromatic rings. The van der Waals surface area contributed by atoms with Crippen molar-refractivity contribution in [1.82, 2.24) is 5.32 Å². The summed E-state index contributed by atoms with van der Waals surface area (Å²) in [4.78, 5) is 0. The van der Waals surface area contributed by atoms with Gasteiger partial charge in [-0.25, -0.2) is 0 Å². The predicted molar refractivity (Wildman–Crippen MR) is 58.9 cm³/mol. The lowest BCUT2D eigenvalue weighted by atomic mass is 9.76. The van der Waals surface area contributed by atoms with Crippen LogP contribution in [0.1, 0.15) is 52.9 Å². The van der Waals surface area contributed by atoms with E-state index in [0.29, 0.717) is 5.41 Å². The Hall–Kier alpha value is -0.0400. The van der Waals surface area contributed by atoms with Crippen molar-refractivity contribution in [2.24, 2.45) is 11.3 Å². The fourth-order valence-corrected chi connectivity index (χ4v) is 2.52. The summed E-state index contributed by atoms with van der Waals surface area (Å²) in [5.41, 5.74) is 0.525. The molecule has 1 fully saturated rings. The van der Waals surface area contributed by atoms with E-state index in [1.54, 1.807) is 0 Å². The van der Waals surface area contributed by atoms with E-state index in [2.05, 4.69) is 33.1 Å². The van der Waals surface area contributed by atoms with Crippen molar-refractivity contribution in [2.75, 3.05) is 7.05 Å². The summed E-state index contributed by atoms with van der Waals surface area (Å²) in [6.45, 7) is 7.07. The topological polar surface area (TPSA) is 12.0 Å². The molecular weight excluding hydrogens is 158 g/mol. The third-order valence-electron chi connectivity index (χ3n) is 3.16. The molecule has 13 heavy (non-hydrogen) atoms. The van der Waals surface area contributed by atoms with Crippen LogP contribution < -0.4 is 5.32 Å². The van der Waals surface area contributed by atoms with Crippen LogP contribution in [0.5, 0.6) is 0 Å². The van der Waals surface area contributed by atoms with E-state index in [0.717, 1.165) is 12.0 Å². The minimum atomic E-state index is 0.525. The van der Waals surface area contributed by atoms with Crippen molar-refractivity contribution < 1.29 is 0 Å². The van der Waals surface area contributed by atoms with Crippen molar-refractivity contribution in [3.05, 3.63) is 0 Å². The molecule has 0 unspecified atom stereocenters. The first kappa shape index (κ1) is 11.0. The first-order chi connectivity index (χ1) is 6.01. The van der Waals surface area contributed by atoms with Gasteiger partial charge >= 0.3 is 0 Å². The first-order valence-corrected chi connectivity index (χ1v) is 5.68. The molecular formula is C12H25N. The van der Waals surface area contributed by atoms with Crippen LogP contribution in [0, 0.1) is 11.3 Å². The second-order valence-corrected chi connectivity index (χ2v) is 5.77. The minimum absolute atomic E-state index is 0.525. The van der Waals surface area contributed by atoms with Crippen LogP contribution in [0.2, 0.25) is 0 Å². The van der Waals surface area contributed by atoms with Crippen LogP contribution in [-0.2, 0) is 0 Å². The van der Waals surface area contributed by atoms with E-state index in [-0.39, 0.29) is 0 Å². The summed E-state index contributed by atoms with van der Waals surface area (Å²) in [5, 5.41) is 3.39. The van der Waals surface area contributed by atoms with Crippen molar-refractivity contribution in [3.63, 3.8) is 0 Å². The van der Waals surface area contributed by atoms with E-state index in [1.165, 1.54) is 32.1 Å². The molecule has 0 aliphatic heterocycles. The molecule has 0 spiro atoms. The van der Waals surface area contributed by atoms with Gasteiger partial charge in [0.05, 0.1) is 0 Å². The molecule has 0 amide bonds. The molecule has 1 aliphatic carbocycles. The Labute approximate surface area is 83.3 Å². The lowest BCUT2D eigenvalue weighted by Crippen LogP contribution is -2.31.